The third kappa shape index (κ3) is 3.45. The molecule has 5 nitrogen and oxygen atoms in total. The maximum absolute atomic E-state index is 11.9. The molecule has 6 heteroatoms. The highest BCUT2D eigenvalue weighted by atomic mass is 32.1. The van der Waals surface area contributed by atoms with Gasteiger partial charge in [-0.25, -0.2) is 4.79 Å². The summed E-state index contributed by atoms with van der Waals surface area (Å²) in [6.45, 7) is 1.68. The Morgan fingerprint density at radius 1 is 1.22 bits per heavy atom. The van der Waals surface area contributed by atoms with Crippen LogP contribution >= 0.6 is 11.3 Å². The van der Waals surface area contributed by atoms with Gasteiger partial charge >= 0.3 is 5.97 Å². The molecule has 0 saturated carbocycles. The molecule has 0 amide bonds. The third-order valence-corrected chi connectivity index (χ3v) is 5.71. The summed E-state index contributed by atoms with van der Waals surface area (Å²) in [6, 6.07) is 12.0. The van der Waals surface area contributed by atoms with Gasteiger partial charge in [-0.3, -0.25) is 0 Å². The number of thiophene rings is 1. The number of fused-ring (bicyclic) bond motifs is 1. The summed E-state index contributed by atoms with van der Waals surface area (Å²) in [6.07, 6.45) is 2.16. The van der Waals surface area contributed by atoms with Crippen LogP contribution in [-0.4, -0.2) is 26.7 Å². The highest BCUT2D eigenvalue weighted by molar-refractivity contribution is 7.12. The van der Waals surface area contributed by atoms with E-state index in [9.17, 15) is 4.79 Å². The molecule has 1 aliphatic heterocycles. The molecule has 0 saturated heterocycles. The maximum Gasteiger partial charge on any atom is 0.348 e. The van der Waals surface area contributed by atoms with Crippen LogP contribution < -0.4 is 9.64 Å². The van der Waals surface area contributed by atoms with Gasteiger partial charge in [0.25, 0.3) is 0 Å². The van der Waals surface area contributed by atoms with Crippen molar-refractivity contribution >= 4 is 23.0 Å². The van der Waals surface area contributed by atoms with Crippen molar-refractivity contribution in [2.75, 3.05) is 25.7 Å². The van der Waals surface area contributed by atoms with E-state index in [0.717, 1.165) is 36.5 Å². The van der Waals surface area contributed by atoms with Crippen molar-refractivity contribution in [1.82, 2.24) is 0 Å². The topological polar surface area (TPSA) is 51.9 Å². The van der Waals surface area contributed by atoms with Crippen LogP contribution in [0.5, 0.6) is 5.75 Å². The Morgan fingerprint density at radius 3 is 2.93 bits per heavy atom. The van der Waals surface area contributed by atoms with Crippen molar-refractivity contribution in [2.24, 2.45) is 0 Å². The summed E-state index contributed by atoms with van der Waals surface area (Å²) in [5.41, 5.74) is 3.31. The second kappa shape index (κ2) is 7.48. The van der Waals surface area contributed by atoms with Crippen LogP contribution in [0.3, 0.4) is 0 Å². The number of anilines is 1. The zero-order valence-electron chi connectivity index (χ0n) is 15.4. The molecule has 0 atom stereocenters. The van der Waals surface area contributed by atoms with Crippen LogP contribution in [0.4, 0.5) is 5.69 Å². The molecule has 1 aromatic carbocycles. The lowest BCUT2D eigenvalue weighted by molar-refractivity contribution is 0.0607. The minimum Gasteiger partial charge on any atom is -0.497 e. The molecule has 3 heterocycles. The van der Waals surface area contributed by atoms with Gasteiger partial charge in [-0.1, -0.05) is 0 Å². The zero-order valence-corrected chi connectivity index (χ0v) is 16.2. The fraction of sp³-hybridized carbons (Fsp3) is 0.286. The molecule has 2 aromatic heterocycles. The normalized spacial score (nSPS) is 13.3. The second-order valence-electron chi connectivity index (χ2n) is 6.44. The van der Waals surface area contributed by atoms with Gasteiger partial charge in [0, 0.05) is 17.8 Å². The molecule has 0 radical (unpaired) electrons. The summed E-state index contributed by atoms with van der Waals surface area (Å²) < 4.78 is 16.3. The standard InChI is InChI=1S/C21H21NO4S/c1-24-15-5-7-18-14(12-15)4-3-10-22(18)13-16-6-8-19(26-16)17-9-11-27-20(17)21(23)25-2/h5-9,11-12H,3-4,10,13H2,1-2H3. The van der Waals surface area contributed by atoms with Gasteiger partial charge in [-0.2, -0.15) is 0 Å². The number of carbonyl (C=O) groups excluding carboxylic acids is 1. The van der Waals surface area contributed by atoms with E-state index in [1.54, 1.807) is 7.11 Å². The Bertz CT molecular complexity index is 959. The van der Waals surface area contributed by atoms with Gasteiger partial charge in [-0.05, 0) is 60.2 Å². The summed E-state index contributed by atoms with van der Waals surface area (Å²) in [5.74, 6) is 2.12. The molecular weight excluding hydrogens is 362 g/mol. The van der Waals surface area contributed by atoms with E-state index >= 15 is 0 Å². The van der Waals surface area contributed by atoms with E-state index in [1.165, 1.54) is 29.7 Å². The molecule has 4 rings (SSSR count). The Hall–Kier alpha value is -2.73. The first-order chi connectivity index (χ1) is 13.2. The van der Waals surface area contributed by atoms with Crippen LogP contribution in [-0.2, 0) is 17.7 Å². The van der Waals surface area contributed by atoms with E-state index in [4.69, 9.17) is 13.9 Å². The lowest BCUT2D eigenvalue weighted by Gasteiger charge is -2.30. The first kappa shape index (κ1) is 17.7. The Kier molecular flexibility index (Phi) is 4.90. The number of hydrogen-bond acceptors (Lipinski definition) is 6. The van der Waals surface area contributed by atoms with Crippen molar-refractivity contribution in [2.45, 2.75) is 19.4 Å². The number of benzene rings is 1. The first-order valence-corrected chi connectivity index (χ1v) is 9.74. The van der Waals surface area contributed by atoms with E-state index in [-0.39, 0.29) is 5.97 Å². The van der Waals surface area contributed by atoms with Crippen molar-refractivity contribution in [3.8, 4) is 17.1 Å². The monoisotopic (exact) mass is 383 g/mol. The molecule has 0 unspecified atom stereocenters. The van der Waals surface area contributed by atoms with Crippen LogP contribution in [0.2, 0.25) is 0 Å². The van der Waals surface area contributed by atoms with Gasteiger partial charge in [0.15, 0.2) is 0 Å². The Labute approximate surface area is 162 Å². The largest absolute Gasteiger partial charge is 0.497 e. The number of nitrogens with zero attached hydrogens (tertiary/aromatic N) is 1. The number of esters is 1. The van der Waals surface area contributed by atoms with Crippen LogP contribution in [0, 0.1) is 0 Å². The average Bonchev–Trinajstić information content (AvgIpc) is 3.36. The molecule has 0 aliphatic carbocycles. The first-order valence-electron chi connectivity index (χ1n) is 8.86. The highest BCUT2D eigenvalue weighted by Gasteiger charge is 2.21. The van der Waals surface area contributed by atoms with Crippen LogP contribution in [0.25, 0.3) is 11.3 Å². The van der Waals surface area contributed by atoms with E-state index in [1.807, 2.05) is 29.6 Å². The minimum atomic E-state index is -0.336. The quantitative estimate of drug-likeness (QED) is 0.595. The van der Waals surface area contributed by atoms with E-state index in [2.05, 4.69) is 17.0 Å². The number of aryl methyl sites for hydroxylation is 1. The molecule has 0 bridgehead atoms. The number of carbonyl (C=O) groups is 1. The lowest BCUT2D eigenvalue weighted by atomic mass is 10.0. The highest BCUT2D eigenvalue weighted by Crippen LogP contribution is 2.34. The molecule has 3 aromatic rings. The van der Waals surface area contributed by atoms with Crippen LogP contribution in [0.1, 0.15) is 27.4 Å². The van der Waals surface area contributed by atoms with Crippen molar-refractivity contribution in [3.05, 3.63) is 58.0 Å². The Balaban J connectivity index is 1.56. The third-order valence-electron chi connectivity index (χ3n) is 4.81. The van der Waals surface area contributed by atoms with E-state index < -0.39 is 0 Å². The molecule has 0 spiro atoms. The van der Waals surface area contributed by atoms with Gasteiger partial charge in [0.2, 0.25) is 0 Å². The predicted octanol–water partition coefficient (Wildman–Crippen LogP) is 4.76. The van der Waals surface area contributed by atoms with Crippen molar-refractivity contribution in [1.29, 1.82) is 0 Å². The second-order valence-corrected chi connectivity index (χ2v) is 7.36. The predicted molar refractivity (Wildman–Crippen MR) is 106 cm³/mol. The van der Waals surface area contributed by atoms with Crippen molar-refractivity contribution in [3.63, 3.8) is 0 Å². The number of hydrogen-bond donors (Lipinski definition) is 0. The average molecular weight is 383 g/mol. The Morgan fingerprint density at radius 2 is 2.11 bits per heavy atom. The number of ether oxygens (including phenoxy) is 2. The molecule has 0 N–H and O–H groups in total. The summed E-state index contributed by atoms with van der Waals surface area (Å²) in [5, 5.41) is 1.87. The van der Waals surface area contributed by atoms with Gasteiger partial charge in [0.1, 0.15) is 22.1 Å². The van der Waals surface area contributed by atoms with Gasteiger partial charge in [0.05, 0.1) is 20.8 Å². The van der Waals surface area contributed by atoms with Gasteiger partial charge < -0.3 is 18.8 Å². The van der Waals surface area contributed by atoms with Gasteiger partial charge in [-0.15, -0.1) is 11.3 Å². The summed E-state index contributed by atoms with van der Waals surface area (Å²) in [7, 11) is 3.09. The SMILES string of the molecule is COC(=O)c1sccc1-c1ccc(CN2CCCc3cc(OC)ccc32)o1. The maximum atomic E-state index is 11.9. The molecule has 140 valence electrons. The number of furan rings is 1. The minimum absolute atomic E-state index is 0.336. The molecule has 1 aliphatic rings. The number of rotatable bonds is 5. The van der Waals surface area contributed by atoms with E-state index in [0.29, 0.717) is 17.2 Å². The smallest absolute Gasteiger partial charge is 0.348 e. The molecular formula is C21H21NO4S. The van der Waals surface area contributed by atoms with Crippen LogP contribution in [0.15, 0.2) is 46.2 Å². The fourth-order valence-corrected chi connectivity index (χ4v) is 4.31. The lowest BCUT2D eigenvalue weighted by Crippen LogP contribution is -2.28. The number of methoxy groups -OCH3 is 2. The molecule has 27 heavy (non-hydrogen) atoms. The fourth-order valence-electron chi connectivity index (χ4n) is 3.49. The summed E-state index contributed by atoms with van der Waals surface area (Å²) in [4.78, 5) is 14.8. The summed E-state index contributed by atoms with van der Waals surface area (Å²) >= 11 is 1.36. The molecule has 0 fully saturated rings. The van der Waals surface area contributed by atoms with Crippen molar-refractivity contribution < 1.29 is 18.7 Å². The zero-order chi connectivity index (χ0) is 18.8.